The molecule has 1 aliphatic carbocycles. The maximum absolute atomic E-state index is 13.1. The van der Waals surface area contributed by atoms with E-state index in [0.29, 0.717) is 37.6 Å². The first kappa shape index (κ1) is 20.4. The van der Waals surface area contributed by atoms with Gasteiger partial charge in [-0.2, -0.15) is 0 Å². The van der Waals surface area contributed by atoms with E-state index in [4.69, 9.17) is 15.2 Å². The third-order valence-corrected chi connectivity index (χ3v) is 5.17. The molecule has 3 rings (SSSR count). The molecule has 8 nitrogen and oxygen atoms in total. The quantitative estimate of drug-likeness (QED) is 0.740. The molecule has 2 atom stereocenters. The van der Waals surface area contributed by atoms with E-state index in [1.165, 1.54) is 0 Å². The van der Waals surface area contributed by atoms with E-state index in [9.17, 15) is 9.59 Å². The van der Waals surface area contributed by atoms with Gasteiger partial charge in [-0.25, -0.2) is 4.79 Å². The van der Waals surface area contributed by atoms with E-state index in [1.807, 2.05) is 38.8 Å². The molecule has 0 bridgehead atoms. The molecule has 0 saturated carbocycles. The maximum Gasteiger partial charge on any atom is 0.407 e. The maximum atomic E-state index is 13.1. The van der Waals surface area contributed by atoms with Gasteiger partial charge in [0.05, 0.1) is 18.2 Å². The summed E-state index contributed by atoms with van der Waals surface area (Å²) < 4.78 is 11.1. The SMILES string of the molecule is CN1CCOC2=CC(C(=O)N3CCC[C@@H](NC(=O)OC(C)(C)C)C3)CC(N)=C21. The number of amides is 2. The number of likely N-dealkylation sites (N-methyl/N-ethyl adjacent to an activating group) is 1. The monoisotopic (exact) mass is 392 g/mol. The van der Waals surface area contributed by atoms with Gasteiger partial charge in [0.15, 0.2) is 0 Å². The standard InChI is InChI=1S/C20H32N4O4/c1-20(2,3)28-19(26)22-14-6-5-7-24(12-14)18(25)13-10-15(21)17-16(11-13)27-9-8-23(17)4/h11,13-14H,5-10,12,21H2,1-4H3,(H,22,26)/t13?,14-/m1/s1. The van der Waals surface area contributed by atoms with Crippen molar-refractivity contribution in [3.63, 3.8) is 0 Å². The fraction of sp³-hybridized carbons (Fsp3) is 0.700. The number of carbonyl (C=O) groups excluding carboxylic acids is 2. The smallest absolute Gasteiger partial charge is 0.407 e. The van der Waals surface area contributed by atoms with Crippen molar-refractivity contribution in [2.75, 3.05) is 33.3 Å². The third kappa shape index (κ3) is 4.72. The van der Waals surface area contributed by atoms with Crippen LogP contribution in [0, 0.1) is 5.92 Å². The second-order valence-corrected chi connectivity index (χ2v) is 8.76. The number of alkyl carbamates (subject to hydrolysis) is 1. The molecule has 1 unspecified atom stereocenters. The molecule has 3 aliphatic rings. The van der Waals surface area contributed by atoms with Gasteiger partial charge in [0, 0.05) is 38.3 Å². The first-order valence-electron chi connectivity index (χ1n) is 9.97. The van der Waals surface area contributed by atoms with Crippen molar-refractivity contribution in [3.8, 4) is 0 Å². The molecule has 2 heterocycles. The molecular formula is C20H32N4O4. The van der Waals surface area contributed by atoms with E-state index < -0.39 is 11.7 Å². The predicted molar refractivity (Wildman–Crippen MR) is 105 cm³/mol. The summed E-state index contributed by atoms with van der Waals surface area (Å²) in [6, 6.07) is -0.107. The molecule has 2 saturated heterocycles. The molecule has 2 amide bonds. The number of rotatable bonds is 2. The zero-order valence-electron chi connectivity index (χ0n) is 17.3. The molecular weight excluding hydrogens is 360 g/mol. The molecule has 0 aromatic rings. The lowest BCUT2D eigenvalue weighted by molar-refractivity contribution is -0.135. The molecule has 2 fully saturated rings. The summed E-state index contributed by atoms with van der Waals surface area (Å²) >= 11 is 0. The Morgan fingerprint density at radius 1 is 1.32 bits per heavy atom. The summed E-state index contributed by atoms with van der Waals surface area (Å²) in [5.41, 5.74) is 7.31. The number of ether oxygens (including phenoxy) is 2. The normalized spacial score (nSPS) is 25.5. The Hall–Kier alpha value is -2.38. The van der Waals surface area contributed by atoms with Crippen molar-refractivity contribution >= 4 is 12.0 Å². The zero-order valence-corrected chi connectivity index (χ0v) is 17.3. The number of likely N-dealkylation sites (tertiary alicyclic amines) is 1. The number of hydrogen-bond acceptors (Lipinski definition) is 6. The average Bonchev–Trinajstić information content (AvgIpc) is 2.59. The summed E-state index contributed by atoms with van der Waals surface area (Å²) in [5.74, 6) is 0.406. The highest BCUT2D eigenvalue weighted by atomic mass is 16.6. The van der Waals surface area contributed by atoms with Gasteiger partial charge in [0.2, 0.25) is 5.91 Å². The summed E-state index contributed by atoms with van der Waals surface area (Å²) in [7, 11) is 1.98. The van der Waals surface area contributed by atoms with Crippen molar-refractivity contribution in [1.82, 2.24) is 15.1 Å². The number of piperidine rings is 1. The van der Waals surface area contributed by atoms with Crippen LogP contribution in [-0.4, -0.2) is 66.7 Å². The number of nitrogens with one attached hydrogen (secondary N) is 1. The molecule has 0 spiro atoms. The van der Waals surface area contributed by atoms with Crippen molar-refractivity contribution in [2.24, 2.45) is 11.7 Å². The second kappa shape index (κ2) is 7.93. The molecule has 28 heavy (non-hydrogen) atoms. The van der Waals surface area contributed by atoms with Crippen LogP contribution >= 0.6 is 0 Å². The van der Waals surface area contributed by atoms with Gasteiger partial charge in [0.25, 0.3) is 0 Å². The number of allylic oxidation sites excluding steroid dienone is 1. The lowest BCUT2D eigenvalue weighted by Crippen LogP contribution is -2.52. The minimum atomic E-state index is -0.544. The van der Waals surface area contributed by atoms with Crippen LogP contribution in [0.2, 0.25) is 0 Å². The summed E-state index contributed by atoms with van der Waals surface area (Å²) in [6.07, 6.45) is 3.61. The molecule has 156 valence electrons. The largest absolute Gasteiger partial charge is 0.490 e. The number of morpholine rings is 1. The zero-order chi connectivity index (χ0) is 20.5. The van der Waals surface area contributed by atoms with Gasteiger partial charge in [-0.1, -0.05) is 0 Å². The van der Waals surface area contributed by atoms with E-state index in [-0.39, 0.29) is 17.9 Å². The Morgan fingerprint density at radius 3 is 2.79 bits per heavy atom. The topological polar surface area (TPSA) is 97.1 Å². The van der Waals surface area contributed by atoms with Gasteiger partial charge < -0.3 is 30.3 Å². The first-order chi connectivity index (χ1) is 13.1. The van der Waals surface area contributed by atoms with Gasteiger partial charge in [0.1, 0.15) is 18.0 Å². The average molecular weight is 393 g/mol. The first-order valence-corrected chi connectivity index (χ1v) is 9.97. The second-order valence-electron chi connectivity index (χ2n) is 8.76. The Kier molecular flexibility index (Phi) is 5.76. The highest BCUT2D eigenvalue weighted by molar-refractivity contribution is 5.82. The predicted octanol–water partition coefficient (Wildman–Crippen LogP) is 1.54. The van der Waals surface area contributed by atoms with E-state index in [2.05, 4.69) is 10.2 Å². The minimum absolute atomic E-state index is 0.0296. The lowest BCUT2D eigenvalue weighted by atomic mass is 9.92. The fourth-order valence-electron chi connectivity index (χ4n) is 3.93. The van der Waals surface area contributed by atoms with Gasteiger partial charge in [-0.05, 0) is 39.7 Å². The van der Waals surface area contributed by atoms with E-state index >= 15 is 0 Å². The molecule has 3 N–H and O–H groups in total. The molecule has 0 aromatic carbocycles. The van der Waals surface area contributed by atoms with Crippen molar-refractivity contribution in [1.29, 1.82) is 0 Å². The third-order valence-electron chi connectivity index (χ3n) is 5.17. The number of hydrogen-bond donors (Lipinski definition) is 2. The molecule has 2 aliphatic heterocycles. The summed E-state index contributed by atoms with van der Waals surface area (Å²) in [5, 5.41) is 2.89. The summed E-state index contributed by atoms with van der Waals surface area (Å²) in [6.45, 7) is 8.03. The van der Waals surface area contributed by atoms with Crippen molar-refractivity contribution in [2.45, 2.75) is 51.7 Å². The lowest BCUT2D eigenvalue weighted by Gasteiger charge is -2.38. The molecule has 0 aromatic heterocycles. The number of carbonyl (C=O) groups is 2. The van der Waals surface area contributed by atoms with E-state index in [0.717, 1.165) is 25.1 Å². The highest BCUT2D eigenvalue weighted by Gasteiger charge is 2.34. The van der Waals surface area contributed by atoms with Crippen LogP contribution in [0.1, 0.15) is 40.0 Å². The van der Waals surface area contributed by atoms with Gasteiger partial charge in [-0.15, -0.1) is 0 Å². The van der Waals surface area contributed by atoms with Crippen LogP contribution in [0.4, 0.5) is 4.79 Å². The molecule has 0 radical (unpaired) electrons. The van der Waals surface area contributed by atoms with Crippen LogP contribution < -0.4 is 11.1 Å². The van der Waals surface area contributed by atoms with Crippen LogP contribution in [0.25, 0.3) is 0 Å². The fourth-order valence-corrected chi connectivity index (χ4v) is 3.93. The van der Waals surface area contributed by atoms with Gasteiger partial charge >= 0.3 is 6.09 Å². The number of nitrogens with zero attached hydrogens (tertiary/aromatic N) is 2. The minimum Gasteiger partial charge on any atom is -0.490 e. The van der Waals surface area contributed by atoms with Crippen molar-refractivity contribution in [3.05, 3.63) is 23.2 Å². The van der Waals surface area contributed by atoms with Crippen LogP contribution in [-0.2, 0) is 14.3 Å². The van der Waals surface area contributed by atoms with Crippen LogP contribution in [0.3, 0.4) is 0 Å². The van der Waals surface area contributed by atoms with Gasteiger partial charge in [-0.3, -0.25) is 4.79 Å². The Bertz CT molecular complexity index is 695. The number of fused-ring (bicyclic) bond motifs is 1. The summed E-state index contributed by atoms with van der Waals surface area (Å²) in [4.78, 5) is 29.0. The van der Waals surface area contributed by atoms with Crippen LogP contribution in [0.5, 0.6) is 0 Å². The highest BCUT2D eigenvalue weighted by Crippen LogP contribution is 2.32. The Labute approximate surface area is 166 Å². The van der Waals surface area contributed by atoms with E-state index in [1.54, 1.807) is 0 Å². The van der Waals surface area contributed by atoms with Crippen molar-refractivity contribution < 1.29 is 19.1 Å². The molecule has 8 heteroatoms. The Morgan fingerprint density at radius 2 is 2.07 bits per heavy atom. The van der Waals surface area contributed by atoms with Crippen LogP contribution in [0.15, 0.2) is 23.2 Å². The Balaban J connectivity index is 1.62. The number of nitrogens with two attached hydrogens (primary N) is 1.